The molecule has 3 heterocycles. The predicted octanol–water partition coefficient (Wildman–Crippen LogP) is 8.73. The summed E-state index contributed by atoms with van der Waals surface area (Å²) in [5, 5.41) is 6.37. The number of urea groups is 1. The van der Waals surface area contributed by atoms with Gasteiger partial charge >= 0.3 is 6.03 Å². The van der Waals surface area contributed by atoms with Crippen molar-refractivity contribution >= 4 is 52.5 Å². The molecule has 0 unspecified atom stereocenters. The van der Waals surface area contributed by atoms with Crippen molar-refractivity contribution in [3.05, 3.63) is 104 Å². The Balaban J connectivity index is 1.03. The van der Waals surface area contributed by atoms with Crippen LogP contribution in [0, 0.1) is 38.5 Å². The number of rotatable bonds is 6. The molecule has 52 heavy (non-hydrogen) atoms. The highest BCUT2D eigenvalue weighted by atomic mass is 32.1. The maximum Gasteiger partial charge on any atom is 0.335 e. The number of carbonyl (C=O) groups excluding carboxylic acids is 4. The molecule has 5 aliphatic carbocycles. The van der Waals surface area contributed by atoms with Crippen molar-refractivity contribution in [1.29, 1.82) is 0 Å². The van der Waals surface area contributed by atoms with Crippen LogP contribution >= 0.6 is 11.3 Å². The van der Waals surface area contributed by atoms with Crippen molar-refractivity contribution in [3.8, 4) is 5.00 Å². The van der Waals surface area contributed by atoms with Gasteiger partial charge in [0.2, 0.25) is 0 Å². The number of barbiturate groups is 1. The predicted molar refractivity (Wildman–Crippen MR) is 204 cm³/mol. The number of aromatic nitrogens is 1. The average Bonchev–Trinajstić information content (AvgIpc) is 3.62. The molecule has 6 aliphatic rings. The highest BCUT2D eigenvalue weighted by Gasteiger charge is 2.51. The zero-order chi connectivity index (χ0) is 35.9. The fourth-order valence-corrected chi connectivity index (χ4v) is 12.0. The molecule has 2 aromatic carbocycles. The van der Waals surface area contributed by atoms with Crippen LogP contribution in [0.2, 0.25) is 0 Å². The van der Waals surface area contributed by atoms with E-state index in [4.69, 9.17) is 0 Å². The first-order chi connectivity index (χ1) is 25.1. The molecular formula is C43H44N4O4S. The lowest BCUT2D eigenvalue weighted by atomic mass is 9.48. The van der Waals surface area contributed by atoms with E-state index in [1.165, 1.54) is 49.0 Å². The minimum atomic E-state index is -0.742. The summed E-state index contributed by atoms with van der Waals surface area (Å²) in [4.78, 5) is 56.7. The van der Waals surface area contributed by atoms with E-state index in [1.54, 1.807) is 17.4 Å². The number of anilines is 2. The minimum Gasteiger partial charge on any atom is -0.322 e. The van der Waals surface area contributed by atoms with E-state index in [1.807, 2.05) is 63.2 Å². The third-order valence-corrected chi connectivity index (χ3v) is 13.8. The maximum absolute atomic E-state index is 14.0. The number of aryl methyl sites for hydroxylation is 3. The van der Waals surface area contributed by atoms with Crippen molar-refractivity contribution in [1.82, 2.24) is 9.88 Å². The quantitative estimate of drug-likeness (QED) is 0.154. The van der Waals surface area contributed by atoms with Gasteiger partial charge < -0.3 is 9.88 Å². The normalized spacial score (nSPS) is 25.8. The highest BCUT2D eigenvalue weighted by molar-refractivity contribution is 7.15. The molecule has 1 aliphatic heterocycles. The molecule has 0 spiro atoms. The number of nitrogens with one attached hydrogen (secondary N) is 2. The van der Waals surface area contributed by atoms with Gasteiger partial charge in [0.15, 0.2) is 0 Å². The molecule has 10 rings (SSSR count). The second-order valence-electron chi connectivity index (χ2n) is 16.1. The summed E-state index contributed by atoms with van der Waals surface area (Å²) in [6.45, 7) is 5.93. The number of fused-ring (bicyclic) bond motifs is 1. The first-order valence-electron chi connectivity index (χ1n) is 18.8. The van der Waals surface area contributed by atoms with Crippen LogP contribution in [0.1, 0.15) is 100 Å². The van der Waals surface area contributed by atoms with E-state index in [0.717, 1.165) is 81.5 Å². The fourth-order valence-electron chi connectivity index (χ4n) is 10.5. The lowest BCUT2D eigenvalue weighted by Gasteiger charge is -2.57. The van der Waals surface area contributed by atoms with Crippen LogP contribution in [-0.2, 0) is 27.8 Å². The number of imide groups is 2. The first kappa shape index (κ1) is 33.1. The Hall–Kier alpha value is -4.76. The number of hydrogen-bond donors (Lipinski definition) is 2. The molecule has 4 aromatic rings. The first-order valence-corrected chi connectivity index (χ1v) is 19.6. The summed E-state index contributed by atoms with van der Waals surface area (Å²) in [6, 6.07) is 16.9. The molecule has 2 aromatic heterocycles. The van der Waals surface area contributed by atoms with Crippen LogP contribution in [0.15, 0.2) is 60.2 Å². The van der Waals surface area contributed by atoms with Gasteiger partial charge in [-0.3, -0.25) is 19.7 Å². The van der Waals surface area contributed by atoms with Gasteiger partial charge in [-0.15, -0.1) is 11.3 Å². The van der Waals surface area contributed by atoms with Crippen LogP contribution in [0.4, 0.5) is 16.2 Å². The summed E-state index contributed by atoms with van der Waals surface area (Å²) in [6.07, 6.45) is 13.3. The average molecular weight is 713 g/mol. The molecule has 1 saturated heterocycles. The molecule has 4 saturated carbocycles. The summed E-state index contributed by atoms with van der Waals surface area (Å²) >= 11 is 1.64. The largest absolute Gasteiger partial charge is 0.335 e. The van der Waals surface area contributed by atoms with Gasteiger partial charge in [-0.1, -0.05) is 29.8 Å². The minimum absolute atomic E-state index is 0.104. The second kappa shape index (κ2) is 12.4. The topological polar surface area (TPSA) is 101 Å². The summed E-state index contributed by atoms with van der Waals surface area (Å²) in [5.74, 6) is 0.934. The molecule has 0 atom stereocenters. The van der Waals surface area contributed by atoms with Crippen LogP contribution in [-0.4, -0.2) is 28.3 Å². The van der Waals surface area contributed by atoms with Crippen molar-refractivity contribution in [3.63, 3.8) is 0 Å². The van der Waals surface area contributed by atoms with E-state index >= 15 is 0 Å². The number of nitrogens with zero attached hydrogens (tertiary/aromatic N) is 2. The van der Waals surface area contributed by atoms with E-state index in [0.29, 0.717) is 16.8 Å². The monoisotopic (exact) mass is 712 g/mol. The molecular weight excluding hydrogens is 669 g/mol. The zero-order valence-electron chi connectivity index (χ0n) is 30.0. The summed E-state index contributed by atoms with van der Waals surface area (Å²) in [5.41, 5.74) is 7.87. The van der Waals surface area contributed by atoms with Gasteiger partial charge in [0.25, 0.3) is 17.7 Å². The molecule has 0 radical (unpaired) electrons. The number of thiophene rings is 1. The maximum atomic E-state index is 14.0. The van der Waals surface area contributed by atoms with Gasteiger partial charge in [-0.2, -0.15) is 0 Å². The molecule has 4 bridgehead atoms. The number of benzene rings is 2. The number of hydrogen-bond acceptors (Lipinski definition) is 5. The van der Waals surface area contributed by atoms with Crippen LogP contribution in [0.3, 0.4) is 0 Å². The fraction of sp³-hybridized carbons (Fsp3) is 0.395. The van der Waals surface area contributed by atoms with Crippen LogP contribution in [0.5, 0.6) is 0 Å². The Labute approximate surface area is 308 Å². The van der Waals surface area contributed by atoms with E-state index < -0.39 is 17.8 Å². The summed E-state index contributed by atoms with van der Waals surface area (Å²) < 4.78 is 2.07. The van der Waals surface area contributed by atoms with Crippen molar-refractivity contribution in [2.24, 2.45) is 17.8 Å². The zero-order valence-corrected chi connectivity index (χ0v) is 30.8. The van der Waals surface area contributed by atoms with E-state index in [2.05, 4.69) is 27.3 Å². The molecule has 5 amide bonds. The summed E-state index contributed by atoms with van der Waals surface area (Å²) in [7, 11) is 0. The molecule has 8 nitrogen and oxygen atoms in total. The third-order valence-electron chi connectivity index (χ3n) is 12.5. The Morgan fingerprint density at radius 3 is 2.21 bits per heavy atom. The highest BCUT2D eigenvalue weighted by Crippen LogP contribution is 2.60. The molecule has 2 N–H and O–H groups in total. The third kappa shape index (κ3) is 5.47. The van der Waals surface area contributed by atoms with Gasteiger partial charge in [-0.05, 0) is 161 Å². The van der Waals surface area contributed by atoms with Crippen molar-refractivity contribution in [2.45, 2.75) is 90.4 Å². The Kier molecular flexibility index (Phi) is 7.92. The van der Waals surface area contributed by atoms with Gasteiger partial charge in [-0.25, -0.2) is 9.69 Å². The second-order valence-corrected chi connectivity index (χ2v) is 17.2. The van der Waals surface area contributed by atoms with Gasteiger partial charge in [0, 0.05) is 22.0 Å². The Bertz CT molecular complexity index is 2150. The molecule has 5 fully saturated rings. The number of carbonyl (C=O) groups is 4. The number of amides is 5. The van der Waals surface area contributed by atoms with Gasteiger partial charge in [0.1, 0.15) is 10.6 Å². The van der Waals surface area contributed by atoms with Crippen molar-refractivity contribution in [2.75, 3.05) is 10.2 Å². The smallest absolute Gasteiger partial charge is 0.322 e. The Morgan fingerprint density at radius 1 is 0.885 bits per heavy atom. The lowest BCUT2D eigenvalue weighted by molar-refractivity contribution is -0.122. The van der Waals surface area contributed by atoms with Crippen LogP contribution < -0.4 is 15.5 Å². The standard InChI is InChI=1S/C43H44N4O4S/c1-24-8-12-32(13-9-24)44-39(49)37-34-6-4-5-7-36(34)52-41(37)46-25(2)16-30(26(46)3)20-35-38(48)45-42(51)47(40(35)50)33-14-10-31(11-15-33)43-21-27-17-28(22-43)19-29(18-27)23-43/h8-16,20,27-29H,4-7,17-19,21-23H2,1-3H3,(H,44,49)(H,45,48,51). The van der Waals surface area contributed by atoms with Crippen molar-refractivity contribution < 1.29 is 19.2 Å². The molecule has 266 valence electrons. The lowest BCUT2D eigenvalue weighted by Crippen LogP contribution is -2.54. The molecule has 9 heteroatoms. The SMILES string of the molecule is Cc1ccc(NC(=O)c2c(-n3c(C)cc(C=C4C(=O)NC(=O)N(c5ccc(C67CC8CC(CC(C8)C6)C7)cc5)C4=O)c3C)sc3c2CCCC3)cc1. The van der Waals surface area contributed by atoms with E-state index in [-0.39, 0.29) is 16.9 Å². The van der Waals surface area contributed by atoms with E-state index in [9.17, 15) is 19.2 Å². The van der Waals surface area contributed by atoms with Crippen LogP contribution in [0.25, 0.3) is 11.1 Å². The van der Waals surface area contributed by atoms with Gasteiger partial charge in [0.05, 0.1) is 11.3 Å². The Morgan fingerprint density at radius 2 is 1.54 bits per heavy atom.